The van der Waals surface area contributed by atoms with E-state index in [0.29, 0.717) is 24.2 Å². The number of benzene rings is 3. The molecule has 2 aliphatic rings. The molecule has 1 fully saturated rings. The number of carboxylic acids is 1. The number of rotatable bonds is 5. The summed E-state index contributed by atoms with van der Waals surface area (Å²) in [6, 6.07) is 19.1. The van der Waals surface area contributed by atoms with Crippen LogP contribution in [0.15, 0.2) is 73.1 Å². The number of carboxylic acid groups (broad SMARTS) is 1. The molecule has 5 heteroatoms. The molecule has 0 unspecified atom stereocenters. The van der Waals surface area contributed by atoms with Crippen LogP contribution in [-0.4, -0.2) is 16.1 Å². The highest BCUT2D eigenvalue weighted by Crippen LogP contribution is 2.48. The van der Waals surface area contributed by atoms with Gasteiger partial charge in [-0.15, -0.1) is 0 Å². The van der Waals surface area contributed by atoms with E-state index in [1.54, 1.807) is 6.20 Å². The Morgan fingerprint density at radius 1 is 1.03 bits per heavy atom. The molecule has 3 aromatic carbocycles. The van der Waals surface area contributed by atoms with E-state index in [1.165, 1.54) is 6.07 Å². The van der Waals surface area contributed by atoms with Gasteiger partial charge in [0.1, 0.15) is 17.7 Å². The lowest BCUT2D eigenvalue weighted by Gasteiger charge is -2.17. The SMILES string of the molecule is O=C(O)[C@H]1C[C@@H]1c1ccc(O[C@@H]2CCc3c(-c4cccc5cnccc45)ccc(F)c32)cc1. The minimum absolute atomic E-state index is 0.0830. The lowest BCUT2D eigenvalue weighted by Crippen LogP contribution is -2.06. The molecular weight excluding hydrogens is 417 g/mol. The summed E-state index contributed by atoms with van der Waals surface area (Å²) in [6.45, 7) is 0. The molecule has 1 saturated carbocycles. The van der Waals surface area contributed by atoms with E-state index < -0.39 is 5.97 Å². The Kier molecular flexibility index (Phi) is 4.64. The number of nitrogens with zero attached hydrogens (tertiary/aromatic N) is 1. The van der Waals surface area contributed by atoms with Gasteiger partial charge in [0, 0.05) is 23.3 Å². The van der Waals surface area contributed by atoms with Gasteiger partial charge in [-0.3, -0.25) is 9.78 Å². The highest BCUT2D eigenvalue weighted by atomic mass is 19.1. The van der Waals surface area contributed by atoms with Crippen molar-refractivity contribution >= 4 is 16.7 Å². The smallest absolute Gasteiger partial charge is 0.307 e. The predicted octanol–water partition coefficient (Wildman–Crippen LogP) is 6.30. The number of fused-ring (bicyclic) bond motifs is 2. The monoisotopic (exact) mass is 439 g/mol. The van der Waals surface area contributed by atoms with Gasteiger partial charge in [0.05, 0.1) is 5.92 Å². The molecule has 6 rings (SSSR count). The van der Waals surface area contributed by atoms with Crippen molar-refractivity contribution < 1.29 is 19.0 Å². The molecular formula is C28H22FNO3. The van der Waals surface area contributed by atoms with Crippen molar-refractivity contribution in [3.8, 4) is 16.9 Å². The van der Waals surface area contributed by atoms with Crippen LogP contribution in [-0.2, 0) is 11.2 Å². The highest BCUT2D eigenvalue weighted by molar-refractivity contribution is 5.97. The second-order valence-corrected chi connectivity index (χ2v) is 8.89. The largest absolute Gasteiger partial charge is 0.486 e. The van der Waals surface area contributed by atoms with Gasteiger partial charge in [-0.1, -0.05) is 36.4 Å². The average molecular weight is 439 g/mol. The molecule has 4 aromatic rings. The molecule has 0 amide bonds. The fraction of sp³-hybridized carbons (Fsp3) is 0.214. The third kappa shape index (κ3) is 3.44. The van der Waals surface area contributed by atoms with E-state index >= 15 is 4.39 Å². The zero-order valence-corrected chi connectivity index (χ0v) is 17.9. The Labute approximate surface area is 190 Å². The maximum Gasteiger partial charge on any atom is 0.307 e. The number of hydrogen-bond acceptors (Lipinski definition) is 3. The van der Waals surface area contributed by atoms with Gasteiger partial charge >= 0.3 is 5.97 Å². The van der Waals surface area contributed by atoms with Crippen LogP contribution in [0, 0.1) is 11.7 Å². The average Bonchev–Trinajstić information content (AvgIpc) is 3.54. The zero-order valence-electron chi connectivity index (χ0n) is 17.9. The molecule has 2 aliphatic carbocycles. The minimum atomic E-state index is -0.739. The summed E-state index contributed by atoms with van der Waals surface area (Å²) in [6.07, 6.45) is 5.42. The normalized spacial score (nSPS) is 21.1. The summed E-state index contributed by atoms with van der Waals surface area (Å²) < 4.78 is 21.2. The summed E-state index contributed by atoms with van der Waals surface area (Å²) in [4.78, 5) is 15.3. The zero-order chi connectivity index (χ0) is 22.5. The minimum Gasteiger partial charge on any atom is -0.486 e. The molecule has 3 atom stereocenters. The van der Waals surface area contributed by atoms with Gasteiger partial charge in [0.2, 0.25) is 0 Å². The molecule has 1 heterocycles. The number of aromatic nitrogens is 1. The van der Waals surface area contributed by atoms with Crippen LogP contribution in [0.3, 0.4) is 0 Å². The first-order chi connectivity index (χ1) is 16.1. The first kappa shape index (κ1) is 19.9. The van der Waals surface area contributed by atoms with Crippen LogP contribution >= 0.6 is 0 Å². The van der Waals surface area contributed by atoms with Crippen LogP contribution in [0.2, 0.25) is 0 Å². The number of ether oxygens (including phenoxy) is 1. The molecule has 0 bridgehead atoms. The van der Waals surface area contributed by atoms with Crippen LogP contribution in [0.5, 0.6) is 5.75 Å². The van der Waals surface area contributed by atoms with Crippen LogP contribution in [0.4, 0.5) is 4.39 Å². The summed E-state index contributed by atoms with van der Waals surface area (Å²) in [7, 11) is 0. The van der Waals surface area contributed by atoms with Gasteiger partial charge in [-0.25, -0.2) is 4.39 Å². The molecule has 0 radical (unpaired) electrons. The molecule has 1 N–H and O–H groups in total. The van der Waals surface area contributed by atoms with Crippen LogP contribution < -0.4 is 4.74 Å². The third-order valence-corrected chi connectivity index (χ3v) is 6.95. The Hall–Kier alpha value is -3.73. The number of pyridine rings is 1. The lowest BCUT2D eigenvalue weighted by atomic mass is 9.93. The number of carbonyl (C=O) groups is 1. The number of halogens is 1. The van der Waals surface area contributed by atoms with Crippen LogP contribution in [0.1, 0.15) is 41.6 Å². The van der Waals surface area contributed by atoms with Crippen molar-refractivity contribution in [1.82, 2.24) is 4.98 Å². The van der Waals surface area contributed by atoms with E-state index in [0.717, 1.165) is 39.4 Å². The molecule has 33 heavy (non-hydrogen) atoms. The van der Waals surface area contributed by atoms with E-state index in [-0.39, 0.29) is 23.8 Å². The summed E-state index contributed by atoms with van der Waals surface area (Å²) in [5.74, 6) is -0.505. The Morgan fingerprint density at radius 3 is 2.67 bits per heavy atom. The van der Waals surface area contributed by atoms with Gasteiger partial charge in [-0.2, -0.15) is 0 Å². The van der Waals surface area contributed by atoms with Crippen molar-refractivity contribution in [3.05, 3.63) is 95.6 Å². The fourth-order valence-electron chi connectivity index (χ4n) is 5.20. The maximum absolute atomic E-state index is 15.0. The van der Waals surface area contributed by atoms with Crippen LogP contribution in [0.25, 0.3) is 21.9 Å². The predicted molar refractivity (Wildman–Crippen MR) is 124 cm³/mol. The first-order valence-corrected chi connectivity index (χ1v) is 11.2. The molecule has 4 nitrogen and oxygen atoms in total. The quantitative estimate of drug-likeness (QED) is 0.397. The third-order valence-electron chi connectivity index (χ3n) is 6.95. The van der Waals surface area contributed by atoms with Crippen molar-refractivity contribution in [2.45, 2.75) is 31.3 Å². The molecule has 0 aliphatic heterocycles. The van der Waals surface area contributed by atoms with Gasteiger partial charge in [0.15, 0.2) is 0 Å². The maximum atomic E-state index is 15.0. The Bertz CT molecular complexity index is 1380. The van der Waals surface area contributed by atoms with E-state index in [2.05, 4.69) is 11.1 Å². The van der Waals surface area contributed by atoms with E-state index in [9.17, 15) is 4.79 Å². The van der Waals surface area contributed by atoms with Crippen molar-refractivity contribution in [2.24, 2.45) is 5.92 Å². The summed E-state index contributed by atoms with van der Waals surface area (Å²) >= 11 is 0. The fourth-order valence-corrected chi connectivity index (χ4v) is 5.20. The molecule has 0 saturated heterocycles. The van der Waals surface area contributed by atoms with Gasteiger partial charge in [0.25, 0.3) is 0 Å². The van der Waals surface area contributed by atoms with E-state index in [4.69, 9.17) is 9.84 Å². The summed E-state index contributed by atoms with van der Waals surface area (Å²) in [5.41, 5.74) is 4.77. The Morgan fingerprint density at radius 2 is 1.88 bits per heavy atom. The number of aliphatic carboxylic acids is 1. The second-order valence-electron chi connectivity index (χ2n) is 8.89. The molecule has 1 aromatic heterocycles. The molecule has 164 valence electrons. The second kappa shape index (κ2) is 7.69. The van der Waals surface area contributed by atoms with Crippen molar-refractivity contribution in [1.29, 1.82) is 0 Å². The van der Waals surface area contributed by atoms with Gasteiger partial charge < -0.3 is 9.84 Å². The Balaban J connectivity index is 1.30. The van der Waals surface area contributed by atoms with E-state index in [1.807, 2.05) is 54.7 Å². The summed E-state index contributed by atoms with van der Waals surface area (Å²) in [5, 5.41) is 11.3. The van der Waals surface area contributed by atoms with Crippen molar-refractivity contribution in [3.63, 3.8) is 0 Å². The molecule has 0 spiro atoms. The lowest BCUT2D eigenvalue weighted by molar-refractivity contribution is -0.138. The number of hydrogen-bond donors (Lipinski definition) is 1. The highest BCUT2D eigenvalue weighted by Gasteiger charge is 2.44. The van der Waals surface area contributed by atoms with Gasteiger partial charge in [-0.05, 0) is 77.1 Å². The van der Waals surface area contributed by atoms with Crippen molar-refractivity contribution in [2.75, 3.05) is 0 Å². The standard InChI is InChI=1S/C28H22FNO3/c29-25-10-8-21(20-3-1-2-17-15-30-13-12-19(17)20)22-9-11-26(27(22)25)33-18-6-4-16(5-7-18)23-14-24(23)28(31)32/h1-8,10,12-13,15,23-24,26H,9,11,14H2,(H,31,32)/t23-,24+,26-/m1/s1. The topological polar surface area (TPSA) is 59.4 Å². The first-order valence-electron chi connectivity index (χ1n) is 11.2.